The molecule has 1 saturated heterocycles. The van der Waals surface area contributed by atoms with Crippen molar-refractivity contribution in [2.75, 3.05) is 32.1 Å². The first-order valence-electron chi connectivity index (χ1n) is 12.6. The van der Waals surface area contributed by atoms with Gasteiger partial charge in [-0.25, -0.2) is 4.98 Å². The van der Waals surface area contributed by atoms with Gasteiger partial charge in [0.2, 0.25) is 5.91 Å². The van der Waals surface area contributed by atoms with Crippen LogP contribution < -0.4 is 5.32 Å². The number of nitrogens with one attached hydrogen (secondary N) is 1. The second-order valence-corrected chi connectivity index (χ2v) is 9.28. The van der Waals surface area contributed by atoms with E-state index < -0.39 is 0 Å². The Morgan fingerprint density at radius 1 is 1.32 bits per heavy atom. The van der Waals surface area contributed by atoms with Crippen molar-refractivity contribution in [2.24, 2.45) is 11.8 Å². The number of esters is 1. The summed E-state index contributed by atoms with van der Waals surface area (Å²) >= 11 is 0. The third-order valence-corrected chi connectivity index (χ3v) is 6.91. The number of aryl methyl sites for hydroxylation is 2. The summed E-state index contributed by atoms with van der Waals surface area (Å²) in [7, 11) is 1.44. The van der Waals surface area contributed by atoms with Gasteiger partial charge < -0.3 is 15.0 Å². The first-order chi connectivity index (χ1) is 16.5. The van der Waals surface area contributed by atoms with Crippen molar-refractivity contribution in [3.8, 4) is 0 Å². The largest absolute Gasteiger partial charge is 0.469 e. The van der Waals surface area contributed by atoms with E-state index in [-0.39, 0.29) is 17.8 Å². The third-order valence-electron chi connectivity index (χ3n) is 6.91. The maximum absolute atomic E-state index is 12.8. The summed E-state index contributed by atoms with van der Waals surface area (Å²) in [5, 5.41) is 3.36. The number of anilines is 1. The third kappa shape index (κ3) is 7.31. The summed E-state index contributed by atoms with van der Waals surface area (Å²) in [4.78, 5) is 31.6. The van der Waals surface area contributed by atoms with Crippen LogP contribution in [0.15, 0.2) is 48.6 Å². The zero-order valence-electron chi connectivity index (χ0n) is 20.7. The number of hydrogen-bond donors (Lipinski definition) is 1. The molecule has 0 aromatic carbocycles. The first kappa shape index (κ1) is 25.7. The summed E-state index contributed by atoms with van der Waals surface area (Å²) in [5.41, 5.74) is 3.36. The highest BCUT2D eigenvalue weighted by atomic mass is 16.5. The molecule has 184 valence electrons. The molecule has 1 aromatic rings. The van der Waals surface area contributed by atoms with Gasteiger partial charge in [0.25, 0.3) is 0 Å². The van der Waals surface area contributed by atoms with Crippen molar-refractivity contribution in [1.29, 1.82) is 0 Å². The molecule has 34 heavy (non-hydrogen) atoms. The molecule has 0 radical (unpaired) electrons. The highest BCUT2D eigenvalue weighted by Gasteiger charge is 2.27. The van der Waals surface area contributed by atoms with E-state index in [0.717, 1.165) is 68.8 Å². The highest BCUT2D eigenvalue weighted by Crippen LogP contribution is 2.31. The molecule has 2 aliphatic rings. The zero-order chi connectivity index (χ0) is 24.3. The van der Waals surface area contributed by atoms with E-state index in [0.29, 0.717) is 25.2 Å². The van der Waals surface area contributed by atoms with Gasteiger partial charge >= 0.3 is 5.97 Å². The summed E-state index contributed by atoms with van der Waals surface area (Å²) in [6.07, 6.45) is 14.4. The fraction of sp³-hybridized carbons (Fsp3) is 0.536. The van der Waals surface area contributed by atoms with Crippen LogP contribution in [-0.2, 0) is 27.2 Å². The number of hydrogen-bond acceptors (Lipinski definition) is 5. The summed E-state index contributed by atoms with van der Waals surface area (Å²) in [5.74, 6) is 1.57. The van der Waals surface area contributed by atoms with Gasteiger partial charge in [-0.3, -0.25) is 9.59 Å². The average Bonchev–Trinajstić information content (AvgIpc) is 2.87. The minimum atomic E-state index is -0.192. The van der Waals surface area contributed by atoms with Gasteiger partial charge in [0.05, 0.1) is 13.5 Å². The maximum atomic E-state index is 12.8. The van der Waals surface area contributed by atoms with Gasteiger partial charge in [0.15, 0.2) is 0 Å². The molecule has 1 N–H and O–H groups in total. The Kier molecular flexibility index (Phi) is 9.92. The van der Waals surface area contributed by atoms with Crippen LogP contribution in [0.25, 0.3) is 0 Å². The number of amides is 1. The zero-order valence-corrected chi connectivity index (χ0v) is 20.7. The predicted octanol–water partition coefficient (Wildman–Crippen LogP) is 4.87. The number of methoxy groups -OCH3 is 1. The molecule has 0 bridgehead atoms. The number of pyridine rings is 1. The van der Waals surface area contributed by atoms with Gasteiger partial charge in [0.1, 0.15) is 5.82 Å². The molecule has 1 unspecified atom stereocenters. The molecular formula is C28H39N3O3. The predicted molar refractivity (Wildman–Crippen MR) is 137 cm³/mol. The Hall–Kier alpha value is -2.89. The Morgan fingerprint density at radius 2 is 2.12 bits per heavy atom. The number of aromatic nitrogens is 1. The molecule has 1 amide bonds. The van der Waals surface area contributed by atoms with E-state index in [1.807, 2.05) is 24.0 Å². The van der Waals surface area contributed by atoms with E-state index in [9.17, 15) is 9.59 Å². The van der Waals surface area contributed by atoms with Crippen LogP contribution in [0.2, 0.25) is 0 Å². The molecule has 1 aromatic heterocycles. The van der Waals surface area contributed by atoms with Crippen LogP contribution in [-0.4, -0.2) is 48.5 Å². The van der Waals surface area contributed by atoms with Crippen molar-refractivity contribution in [2.45, 2.75) is 58.3 Å². The molecule has 1 fully saturated rings. The minimum Gasteiger partial charge on any atom is -0.469 e. The Balaban J connectivity index is 1.50. The number of rotatable bonds is 10. The summed E-state index contributed by atoms with van der Waals surface area (Å²) in [6.45, 7) is 8.32. The van der Waals surface area contributed by atoms with E-state index in [1.54, 1.807) is 6.08 Å². The smallest absolute Gasteiger partial charge is 0.306 e. The normalized spacial score (nSPS) is 17.7. The number of carbonyl (C=O) groups is 2. The fourth-order valence-corrected chi connectivity index (χ4v) is 5.00. The lowest BCUT2D eigenvalue weighted by molar-refractivity contribution is -0.141. The van der Waals surface area contributed by atoms with Crippen molar-refractivity contribution < 1.29 is 14.3 Å². The lowest BCUT2D eigenvalue weighted by Crippen LogP contribution is -2.39. The van der Waals surface area contributed by atoms with Gasteiger partial charge in [-0.1, -0.05) is 36.9 Å². The van der Waals surface area contributed by atoms with Crippen molar-refractivity contribution in [3.63, 3.8) is 0 Å². The summed E-state index contributed by atoms with van der Waals surface area (Å²) in [6, 6.07) is 4.21. The highest BCUT2D eigenvalue weighted by molar-refractivity contribution is 5.76. The molecule has 3 rings (SSSR count). The van der Waals surface area contributed by atoms with Gasteiger partial charge in [-0.05, 0) is 74.5 Å². The average molecular weight is 466 g/mol. The first-order valence-corrected chi connectivity index (χ1v) is 12.6. The second kappa shape index (κ2) is 13.1. The van der Waals surface area contributed by atoms with Gasteiger partial charge in [-0.2, -0.15) is 0 Å². The second-order valence-electron chi connectivity index (χ2n) is 9.28. The van der Waals surface area contributed by atoms with E-state index in [4.69, 9.17) is 9.72 Å². The van der Waals surface area contributed by atoms with Crippen LogP contribution >= 0.6 is 0 Å². The minimum absolute atomic E-state index is 0.0950. The lowest BCUT2D eigenvalue weighted by atomic mass is 9.81. The number of carbonyl (C=O) groups excluding carboxylic acids is 2. The topological polar surface area (TPSA) is 71.5 Å². The Labute approximate surface area is 204 Å². The SMILES string of the molecule is C=C/C=C(\C=C/C)C(CC(=O)OC)CC1CCN(C(=O)CCc2ccc3c(n2)NCCC3)CC1. The number of allylic oxidation sites excluding steroid dienone is 5. The Morgan fingerprint density at radius 3 is 2.82 bits per heavy atom. The molecule has 6 heteroatoms. The van der Waals surface area contributed by atoms with Crippen LogP contribution in [0.4, 0.5) is 5.82 Å². The number of nitrogens with zero attached hydrogens (tertiary/aromatic N) is 2. The quantitative estimate of drug-likeness (QED) is 0.394. The van der Waals surface area contributed by atoms with Crippen molar-refractivity contribution in [3.05, 3.63) is 59.8 Å². The van der Waals surface area contributed by atoms with Crippen LogP contribution in [0.1, 0.15) is 56.7 Å². The van der Waals surface area contributed by atoms with E-state index in [1.165, 1.54) is 12.7 Å². The number of likely N-dealkylation sites (tertiary alicyclic amines) is 1. The van der Waals surface area contributed by atoms with Gasteiger partial charge in [-0.15, -0.1) is 0 Å². The molecule has 0 saturated carbocycles. The van der Waals surface area contributed by atoms with E-state index in [2.05, 4.69) is 30.1 Å². The van der Waals surface area contributed by atoms with Crippen LogP contribution in [0.5, 0.6) is 0 Å². The molecule has 3 heterocycles. The number of piperidine rings is 1. The Bertz CT molecular complexity index is 913. The van der Waals surface area contributed by atoms with Crippen molar-refractivity contribution >= 4 is 17.7 Å². The molecule has 0 spiro atoms. The standard InChI is InChI=1S/C28H39N3O3/c1-4-7-22(8-5-2)24(20-27(33)34-3)19-21-14-17-31(18-15-21)26(32)13-12-25-11-10-23-9-6-16-29-28(23)30-25/h4-5,7-8,10-11,21,24H,1,6,9,12-20H2,2-3H3,(H,29,30)/b8-5-,22-7+. The molecule has 1 atom stereocenters. The molecule has 6 nitrogen and oxygen atoms in total. The fourth-order valence-electron chi connectivity index (χ4n) is 5.00. The number of ether oxygens (including phenoxy) is 1. The van der Waals surface area contributed by atoms with Crippen LogP contribution in [0, 0.1) is 11.8 Å². The monoisotopic (exact) mass is 465 g/mol. The lowest BCUT2D eigenvalue weighted by Gasteiger charge is -2.34. The maximum Gasteiger partial charge on any atom is 0.306 e. The van der Waals surface area contributed by atoms with Gasteiger partial charge in [0, 0.05) is 31.7 Å². The molecular weight excluding hydrogens is 426 g/mol. The molecule has 2 aliphatic heterocycles. The summed E-state index contributed by atoms with van der Waals surface area (Å²) < 4.78 is 4.94. The number of fused-ring (bicyclic) bond motifs is 1. The van der Waals surface area contributed by atoms with E-state index >= 15 is 0 Å². The van der Waals surface area contributed by atoms with Crippen molar-refractivity contribution in [1.82, 2.24) is 9.88 Å². The van der Waals surface area contributed by atoms with Crippen LogP contribution in [0.3, 0.4) is 0 Å². The molecule has 0 aliphatic carbocycles.